The fourth-order valence-electron chi connectivity index (χ4n) is 2.38. The highest BCUT2D eigenvalue weighted by Gasteiger charge is 2.21. The molecular weight excluding hydrogens is 234 g/mol. The maximum absolute atomic E-state index is 11.7. The minimum absolute atomic E-state index is 0.0370. The summed E-state index contributed by atoms with van der Waals surface area (Å²) in [6.07, 6.45) is 5.15. The summed E-state index contributed by atoms with van der Waals surface area (Å²) in [5, 5.41) is 6.21. The molecular formula is C12H23N3OS. The van der Waals surface area contributed by atoms with Gasteiger partial charge < -0.3 is 10.2 Å². The molecule has 0 aliphatic carbocycles. The van der Waals surface area contributed by atoms with Gasteiger partial charge in [-0.05, 0) is 38.9 Å². The highest BCUT2D eigenvalue weighted by Crippen LogP contribution is 2.10. The Balaban J connectivity index is 1.51. The van der Waals surface area contributed by atoms with Gasteiger partial charge in [0.25, 0.3) is 0 Å². The van der Waals surface area contributed by atoms with E-state index >= 15 is 0 Å². The van der Waals surface area contributed by atoms with E-state index in [-0.39, 0.29) is 11.9 Å². The van der Waals surface area contributed by atoms with Crippen LogP contribution in [-0.2, 0) is 4.79 Å². The molecule has 2 N–H and O–H groups in total. The van der Waals surface area contributed by atoms with Crippen molar-refractivity contribution in [2.75, 3.05) is 37.8 Å². The van der Waals surface area contributed by atoms with Crippen molar-refractivity contribution in [2.45, 2.75) is 31.7 Å². The van der Waals surface area contributed by atoms with Gasteiger partial charge in [-0.25, -0.2) is 0 Å². The van der Waals surface area contributed by atoms with Gasteiger partial charge >= 0.3 is 0 Å². The molecule has 4 nitrogen and oxygen atoms in total. The van der Waals surface area contributed by atoms with Gasteiger partial charge in [-0.15, -0.1) is 11.8 Å². The van der Waals surface area contributed by atoms with Gasteiger partial charge in [0.1, 0.15) is 0 Å². The second-order valence-electron chi connectivity index (χ2n) is 4.82. The van der Waals surface area contributed by atoms with Crippen molar-refractivity contribution >= 4 is 17.7 Å². The van der Waals surface area contributed by atoms with Crippen molar-refractivity contribution in [2.24, 2.45) is 0 Å². The molecule has 2 rings (SSSR count). The molecule has 98 valence electrons. The number of thioether (sulfide) groups is 1. The van der Waals surface area contributed by atoms with E-state index in [1.807, 2.05) is 0 Å². The third-order valence-corrected chi connectivity index (χ3v) is 4.37. The van der Waals surface area contributed by atoms with Crippen LogP contribution in [-0.4, -0.2) is 54.7 Å². The van der Waals surface area contributed by atoms with E-state index in [2.05, 4.69) is 15.5 Å². The molecule has 1 atom stereocenters. The predicted molar refractivity (Wildman–Crippen MR) is 72.2 cm³/mol. The van der Waals surface area contributed by atoms with Crippen LogP contribution in [0.1, 0.15) is 25.7 Å². The Kier molecular flexibility index (Phi) is 5.61. The summed E-state index contributed by atoms with van der Waals surface area (Å²) in [6, 6.07) is 0.0370. The summed E-state index contributed by atoms with van der Waals surface area (Å²) in [6.45, 7) is 4.44. The molecule has 0 aromatic carbocycles. The Labute approximate surface area is 108 Å². The zero-order valence-corrected chi connectivity index (χ0v) is 11.2. The molecule has 1 unspecified atom stereocenters. The Bertz CT molecular complexity index is 238. The summed E-state index contributed by atoms with van der Waals surface area (Å²) < 4.78 is 0. The highest BCUT2D eigenvalue weighted by molar-refractivity contribution is 7.99. The van der Waals surface area contributed by atoms with Gasteiger partial charge in [0.15, 0.2) is 0 Å². The molecule has 17 heavy (non-hydrogen) atoms. The van der Waals surface area contributed by atoms with E-state index in [0.717, 1.165) is 31.1 Å². The molecule has 0 aromatic heterocycles. The first-order valence-corrected chi connectivity index (χ1v) is 7.83. The fraction of sp³-hybridized carbons (Fsp3) is 0.917. The molecule has 2 aliphatic heterocycles. The molecule has 0 radical (unpaired) electrons. The van der Waals surface area contributed by atoms with Crippen LogP contribution in [0.2, 0.25) is 0 Å². The van der Waals surface area contributed by atoms with E-state index < -0.39 is 0 Å². The molecule has 0 aromatic rings. The Morgan fingerprint density at radius 1 is 1.35 bits per heavy atom. The zero-order chi connectivity index (χ0) is 11.9. The summed E-state index contributed by atoms with van der Waals surface area (Å²) in [7, 11) is 0. The summed E-state index contributed by atoms with van der Waals surface area (Å²) in [5.41, 5.74) is 0. The van der Waals surface area contributed by atoms with Gasteiger partial charge in [0, 0.05) is 18.2 Å². The first-order valence-electron chi connectivity index (χ1n) is 6.67. The van der Waals surface area contributed by atoms with E-state index in [4.69, 9.17) is 0 Å². The highest BCUT2D eigenvalue weighted by atomic mass is 32.2. The van der Waals surface area contributed by atoms with Gasteiger partial charge in [0.2, 0.25) is 5.91 Å². The van der Waals surface area contributed by atoms with E-state index in [0.29, 0.717) is 0 Å². The molecule has 0 spiro atoms. The summed E-state index contributed by atoms with van der Waals surface area (Å²) in [5.74, 6) is 2.00. The zero-order valence-electron chi connectivity index (χ0n) is 10.4. The Morgan fingerprint density at radius 2 is 2.18 bits per heavy atom. The number of amides is 1. The van der Waals surface area contributed by atoms with Crippen LogP contribution < -0.4 is 10.6 Å². The minimum atomic E-state index is 0.0370. The van der Waals surface area contributed by atoms with Crippen molar-refractivity contribution < 1.29 is 4.79 Å². The van der Waals surface area contributed by atoms with Crippen LogP contribution in [0.3, 0.4) is 0 Å². The largest absolute Gasteiger partial charge is 0.355 e. The number of carbonyl (C=O) groups excluding carboxylic acids is 1. The van der Waals surface area contributed by atoms with Crippen LogP contribution in [0.5, 0.6) is 0 Å². The van der Waals surface area contributed by atoms with E-state index in [1.165, 1.54) is 32.4 Å². The average Bonchev–Trinajstić information content (AvgIpc) is 2.89. The van der Waals surface area contributed by atoms with Crippen molar-refractivity contribution in [3.8, 4) is 0 Å². The lowest BCUT2D eigenvalue weighted by atomic mass is 10.1. The first kappa shape index (κ1) is 13.2. The van der Waals surface area contributed by atoms with Crippen LogP contribution in [0, 0.1) is 0 Å². The summed E-state index contributed by atoms with van der Waals surface area (Å²) in [4.78, 5) is 14.2. The third kappa shape index (κ3) is 4.48. The number of likely N-dealkylation sites (tertiary alicyclic amines) is 1. The molecule has 2 saturated heterocycles. The second kappa shape index (κ2) is 7.24. The predicted octanol–water partition coefficient (Wildman–Crippen LogP) is 0.641. The van der Waals surface area contributed by atoms with Crippen molar-refractivity contribution in [3.05, 3.63) is 0 Å². The molecule has 0 saturated carbocycles. The quantitative estimate of drug-likeness (QED) is 0.710. The number of nitrogens with zero attached hydrogens (tertiary/aromatic N) is 1. The number of hydrogen-bond donors (Lipinski definition) is 2. The summed E-state index contributed by atoms with van der Waals surface area (Å²) >= 11 is 1.79. The molecule has 1 amide bonds. The second-order valence-corrected chi connectivity index (χ2v) is 5.85. The van der Waals surface area contributed by atoms with Crippen molar-refractivity contribution in [1.82, 2.24) is 15.5 Å². The van der Waals surface area contributed by atoms with Gasteiger partial charge in [-0.2, -0.15) is 0 Å². The number of hydrogen-bond acceptors (Lipinski definition) is 4. The Morgan fingerprint density at radius 3 is 2.88 bits per heavy atom. The van der Waals surface area contributed by atoms with Crippen molar-refractivity contribution in [1.29, 1.82) is 0 Å². The lowest BCUT2D eigenvalue weighted by Crippen LogP contribution is -2.43. The molecule has 2 heterocycles. The lowest BCUT2D eigenvalue weighted by molar-refractivity contribution is -0.122. The normalized spacial score (nSPS) is 26.0. The number of nitrogens with one attached hydrogen (secondary N) is 2. The number of piperidine rings is 1. The number of carbonyl (C=O) groups is 1. The first-order chi connectivity index (χ1) is 8.36. The third-order valence-electron chi connectivity index (χ3n) is 3.43. The SMILES string of the molecule is O=C(NCCCN1CCCCC1)C1CSCN1. The minimum Gasteiger partial charge on any atom is -0.355 e. The molecule has 0 bridgehead atoms. The topological polar surface area (TPSA) is 44.4 Å². The fourth-order valence-corrected chi connectivity index (χ4v) is 3.33. The molecule has 2 fully saturated rings. The average molecular weight is 257 g/mol. The standard InChI is InChI=1S/C12H23N3OS/c16-12(11-9-17-10-14-11)13-5-4-8-15-6-2-1-3-7-15/h11,14H,1-10H2,(H,13,16). The van der Waals surface area contributed by atoms with Crippen LogP contribution >= 0.6 is 11.8 Å². The maximum Gasteiger partial charge on any atom is 0.238 e. The Hall–Kier alpha value is -0.260. The molecule has 5 heteroatoms. The number of rotatable bonds is 5. The smallest absolute Gasteiger partial charge is 0.238 e. The maximum atomic E-state index is 11.7. The molecule has 2 aliphatic rings. The van der Waals surface area contributed by atoms with Crippen LogP contribution in [0.4, 0.5) is 0 Å². The van der Waals surface area contributed by atoms with Crippen LogP contribution in [0.15, 0.2) is 0 Å². The van der Waals surface area contributed by atoms with E-state index in [1.54, 1.807) is 11.8 Å². The van der Waals surface area contributed by atoms with E-state index in [9.17, 15) is 4.79 Å². The lowest BCUT2D eigenvalue weighted by Gasteiger charge is -2.26. The van der Waals surface area contributed by atoms with Gasteiger partial charge in [-0.1, -0.05) is 6.42 Å². The van der Waals surface area contributed by atoms with Gasteiger partial charge in [0.05, 0.1) is 6.04 Å². The van der Waals surface area contributed by atoms with Crippen LogP contribution in [0.25, 0.3) is 0 Å². The van der Waals surface area contributed by atoms with Crippen molar-refractivity contribution in [3.63, 3.8) is 0 Å². The monoisotopic (exact) mass is 257 g/mol. The van der Waals surface area contributed by atoms with Gasteiger partial charge in [-0.3, -0.25) is 10.1 Å².